The highest BCUT2D eigenvalue weighted by Gasteiger charge is 2.20. The Bertz CT molecular complexity index is 654. The lowest BCUT2D eigenvalue weighted by atomic mass is 10.2. The molecule has 0 bridgehead atoms. The number of carbonyl (C=O) groups excluding carboxylic acids is 1. The molecule has 0 saturated heterocycles. The summed E-state index contributed by atoms with van der Waals surface area (Å²) in [5.74, 6) is 0.596. The molecular formula is C15H18ClN3OS. The minimum Gasteiger partial charge on any atom is -0.335 e. The van der Waals surface area contributed by atoms with Gasteiger partial charge in [0.05, 0.1) is 17.8 Å². The van der Waals surface area contributed by atoms with Crippen molar-refractivity contribution in [1.82, 2.24) is 14.9 Å². The van der Waals surface area contributed by atoms with E-state index in [0.717, 1.165) is 0 Å². The van der Waals surface area contributed by atoms with Crippen molar-refractivity contribution >= 4 is 28.8 Å². The number of rotatable bonds is 4. The second-order valence-electron chi connectivity index (χ2n) is 5.27. The Labute approximate surface area is 133 Å². The van der Waals surface area contributed by atoms with Crippen molar-refractivity contribution in [1.29, 1.82) is 0 Å². The van der Waals surface area contributed by atoms with Crippen molar-refractivity contribution in [3.63, 3.8) is 0 Å². The Kier molecular flexibility index (Phi) is 4.96. The van der Waals surface area contributed by atoms with Crippen LogP contribution in [0.2, 0.25) is 5.02 Å². The molecule has 6 heteroatoms. The van der Waals surface area contributed by atoms with Gasteiger partial charge in [-0.15, -0.1) is 11.3 Å². The quantitative estimate of drug-likeness (QED) is 0.857. The van der Waals surface area contributed by atoms with Gasteiger partial charge in [0.2, 0.25) is 0 Å². The van der Waals surface area contributed by atoms with Crippen molar-refractivity contribution in [3.8, 4) is 0 Å². The van der Waals surface area contributed by atoms with Crippen LogP contribution < -0.4 is 0 Å². The van der Waals surface area contributed by atoms with Crippen LogP contribution in [-0.4, -0.2) is 27.8 Å². The summed E-state index contributed by atoms with van der Waals surface area (Å²) >= 11 is 7.73. The molecule has 112 valence electrons. The molecule has 0 unspecified atom stereocenters. The average Bonchev–Trinajstić information content (AvgIpc) is 2.83. The van der Waals surface area contributed by atoms with Crippen molar-refractivity contribution in [2.45, 2.75) is 33.2 Å². The highest BCUT2D eigenvalue weighted by atomic mass is 35.5. The largest absolute Gasteiger partial charge is 0.335 e. The van der Waals surface area contributed by atoms with E-state index < -0.39 is 0 Å². The summed E-state index contributed by atoms with van der Waals surface area (Å²) < 4.78 is 0. The molecule has 0 aliphatic carbocycles. The fourth-order valence-electron chi connectivity index (χ4n) is 1.84. The maximum absolute atomic E-state index is 12.5. The monoisotopic (exact) mass is 323 g/mol. The van der Waals surface area contributed by atoms with Gasteiger partial charge >= 0.3 is 0 Å². The topological polar surface area (TPSA) is 46.1 Å². The Balaban J connectivity index is 2.23. The first-order valence-electron chi connectivity index (χ1n) is 6.71. The van der Waals surface area contributed by atoms with Gasteiger partial charge in [-0.1, -0.05) is 25.4 Å². The van der Waals surface area contributed by atoms with Crippen LogP contribution in [0, 0.1) is 6.92 Å². The first-order chi connectivity index (χ1) is 9.90. The van der Waals surface area contributed by atoms with E-state index in [1.807, 2.05) is 32.2 Å². The normalized spacial score (nSPS) is 11.0. The van der Waals surface area contributed by atoms with E-state index in [1.54, 1.807) is 23.3 Å². The third kappa shape index (κ3) is 3.60. The number of aryl methyl sites for hydroxylation is 1. The molecule has 0 aliphatic heterocycles. The van der Waals surface area contributed by atoms with Crippen LogP contribution >= 0.6 is 22.9 Å². The number of nitrogens with zero attached hydrogens (tertiary/aromatic N) is 3. The molecule has 0 aliphatic rings. The standard InChI is InChI=1S/C15H18ClN3OS/c1-9(2)14-17-7-11(16)13(18-14)15(20)19(4)8-12-10(3)5-6-21-12/h5-7,9H,8H2,1-4H3. The summed E-state index contributed by atoms with van der Waals surface area (Å²) in [4.78, 5) is 23.8. The van der Waals surface area contributed by atoms with E-state index in [4.69, 9.17) is 11.6 Å². The molecular weight excluding hydrogens is 306 g/mol. The maximum Gasteiger partial charge on any atom is 0.274 e. The van der Waals surface area contributed by atoms with Crippen LogP contribution in [-0.2, 0) is 6.54 Å². The molecule has 0 spiro atoms. The second-order valence-corrected chi connectivity index (χ2v) is 6.68. The van der Waals surface area contributed by atoms with Gasteiger partial charge in [-0.2, -0.15) is 0 Å². The molecule has 0 radical (unpaired) electrons. The predicted octanol–water partition coefficient (Wildman–Crippen LogP) is 3.90. The highest BCUT2D eigenvalue weighted by Crippen LogP contribution is 2.21. The molecule has 1 amide bonds. The van der Waals surface area contributed by atoms with Gasteiger partial charge in [-0.3, -0.25) is 4.79 Å². The van der Waals surface area contributed by atoms with Crippen molar-refractivity contribution < 1.29 is 4.79 Å². The molecule has 0 N–H and O–H groups in total. The summed E-state index contributed by atoms with van der Waals surface area (Å²) in [7, 11) is 1.76. The zero-order valence-corrected chi connectivity index (χ0v) is 14.1. The second kappa shape index (κ2) is 6.54. The van der Waals surface area contributed by atoms with E-state index >= 15 is 0 Å². The number of halogens is 1. The minimum absolute atomic E-state index is 0.152. The number of hydrogen-bond donors (Lipinski definition) is 0. The fourth-order valence-corrected chi connectivity index (χ4v) is 2.97. The SMILES string of the molecule is Cc1ccsc1CN(C)C(=O)c1nc(C(C)C)ncc1Cl. The lowest BCUT2D eigenvalue weighted by Crippen LogP contribution is -2.27. The summed E-state index contributed by atoms with van der Waals surface area (Å²) in [6.07, 6.45) is 1.50. The van der Waals surface area contributed by atoms with E-state index in [-0.39, 0.29) is 17.5 Å². The summed E-state index contributed by atoms with van der Waals surface area (Å²) in [6, 6.07) is 2.05. The average molecular weight is 324 g/mol. The minimum atomic E-state index is -0.183. The maximum atomic E-state index is 12.5. The van der Waals surface area contributed by atoms with Crippen LogP contribution in [0.4, 0.5) is 0 Å². The lowest BCUT2D eigenvalue weighted by Gasteiger charge is -2.17. The lowest BCUT2D eigenvalue weighted by molar-refractivity contribution is 0.0780. The number of amides is 1. The summed E-state index contributed by atoms with van der Waals surface area (Å²) in [6.45, 7) is 6.56. The third-order valence-electron chi connectivity index (χ3n) is 3.18. The number of hydrogen-bond acceptors (Lipinski definition) is 4. The molecule has 4 nitrogen and oxygen atoms in total. The summed E-state index contributed by atoms with van der Waals surface area (Å²) in [5.41, 5.74) is 1.46. The zero-order valence-electron chi connectivity index (χ0n) is 12.6. The smallest absolute Gasteiger partial charge is 0.274 e. The number of carbonyl (C=O) groups is 1. The Hall–Kier alpha value is -1.46. The van der Waals surface area contributed by atoms with Crippen molar-refractivity contribution in [2.24, 2.45) is 0 Å². The van der Waals surface area contributed by atoms with E-state index in [2.05, 4.69) is 9.97 Å². The van der Waals surface area contributed by atoms with Gasteiger partial charge in [0.1, 0.15) is 5.82 Å². The van der Waals surface area contributed by atoms with Crippen LogP contribution in [0.25, 0.3) is 0 Å². The molecule has 0 saturated carbocycles. The van der Waals surface area contributed by atoms with Gasteiger partial charge < -0.3 is 4.90 Å². The third-order valence-corrected chi connectivity index (χ3v) is 4.46. The number of aromatic nitrogens is 2. The fraction of sp³-hybridized carbons (Fsp3) is 0.400. The van der Waals surface area contributed by atoms with Crippen LogP contribution in [0.1, 0.15) is 46.5 Å². The molecule has 2 heterocycles. The Morgan fingerprint density at radius 1 is 1.48 bits per heavy atom. The van der Waals surface area contributed by atoms with Crippen molar-refractivity contribution in [3.05, 3.63) is 44.6 Å². The Morgan fingerprint density at radius 3 is 2.76 bits per heavy atom. The molecule has 0 fully saturated rings. The van der Waals surface area contributed by atoms with Gasteiger partial charge in [0, 0.05) is 17.8 Å². The van der Waals surface area contributed by atoms with Crippen LogP contribution in [0.15, 0.2) is 17.6 Å². The van der Waals surface area contributed by atoms with Crippen LogP contribution in [0.5, 0.6) is 0 Å². The van der Waals surface area contributed by atoms with Gasteiger partial charge in [-0.05, 0) is 23.9 Å². The first-order valence-corrected chi connectivity index (χ1v) is 7.96. The van der Waals surface area contributed by atoms with Crippen LogP contribution in [0.3, 0.4) is 0 Å². The molecule has 2 aromatic heterocycles. The zero-order chi connectivity index (χ0) is 15.6. The van der Waals surface area contributed by atoms with Crippen molar-refractivity contribution in [2.75, 3.05) is 7.05 Å². The molecule has 2 aromatic rings. The summed E-state index contributed by atoms with van der Waals surface area (Å²) in [5, 5.41) is 2.32. The molecule has 21 heavy (non-hydrogen) atoms. The molecule has 2 rings (SSSR count). The predicted molar refractivity (Wildman–Crippen MR) is 86.0 cm³/mol. The van der Waals surface area contributed by atoms with Gasteiger partial charge in [0.25, 0.3) is 5.91 Å². The van der Waals surface area contributed by atoms with Gasteiger partial charge in [-0.25, -0.2) is 9.97 Å². The van der Waals surface area contributed by atoms with Gasteiger partial charge in [0.15, 0.2) is 5.69 Å². The first kappa shape index (κ1) is 15.9. The van der Waals surface area contributed by atoms with E-state index in [0.29, 0.717) is 17.4 Å². The van der Waals surface area contributed by atoms with E-state index in [1.165, 1.54) is 16.6 Å². The van der Waals surface area contributed by atoms with E-state index in [9.17, 15) is 4.79 Å². The molecule has 0 atom stereocenters. The highest BCUT2D eigenvalue weighted by molar-refractivity contribution is 7.10. The molecule has 0 aromatic carbocycles. The number of thiophene rings is 1. The Morgan fingerprint density at radius 2 is 2.19 bits per heavy atom.